The van der Waals surface area contributed by atoms with Crippen LogP contribution in [0.4, 0.5) is 4.79 Å². The summed E-state index contributed by atoms with van der Waals surface area (Å²) in [5.41, 5.74) is 0.541. The van der Waals surface area contributed by atoms with Crippen molar-refractivity contribution in [3.8, 4) is 0 Å². The molecule has 2 N–H and O–H groups in total. The van der Waals surface area contributed by atoms with Crippen LogP contribution in [0.5, 0.6) is 0 Å². The summed E-state index contributed by atoms with van der Waals surface area (Å²) in [5, 5.41) is 12.4. The minimum Gasteiger partial charge on any atom is -0.465 e. The third kappa shape index (κ3) is 5.85. The molecule has 1 amide bonds. The van der Waals surface area contributed by atoms with Crippen LogP contribution in [-0.4, -0.2) is 47.6 Å². The van der Waals surface area contributed by atoms with Crippen LogP contribution in [0.3, 0.4) is 0 Å². The summed E-state index contributed by atoms with van der Waals surface area (Å²) in [7, 11) is 0. The highest BCUT2D eigenvalue weighted by Crippen LogP contribution is 2.30. The number of carboxylic acid groups (broad SMARTS) is 1. The Labute approximate surface area is 176 Å². The fraction of sp³-hybridized carbons (Fsp3) is 0.619. The maximum atomic E-state index is 12.8. The van der Waals surface area contributed by atoms with Gasteiger partial charge in [-0.15, -0.1) is 0 Å². The first kappa shape index (κ1) is 21.4. The molecule has 1 aliphatic heterocycles. The number of benzene rings is 1. The Balaban J connectivity index is 1.39. The zero-order valence-electron chi connectivity index (χ0n) is 16.0. The van der Waals surface area contributed by atoms with Crippen molar-refractivity contribution in [2.24, 2.45) is 11.8 Å². The molecule has 1 aromatic rings. The van der Waals surface area contributed by atoms with Crippen LogP contribution in [0.15, 0.2) is 18.2 Å². The first-order valence-electron chi connectivity index (χ1n) is 10.1. The second-order valence-electron chi connectivity index (χ2n) is 8.06. The standard InChI is InChI=1S/C21H28Cl2N2O3/c22-16-3-6-19(23)18(13-16)20(26)15-8-11-25(12-9-15)10-7-14-1-4-17(5-2-14)24-21(27)28/h3,6,13-15,17,24H,1-2,4-5,7-12H2,(H,27,28). The number of likely N-dealkylation sites (tertiary alicyclic amines) is 1. The Morgan fingerprint density at radius 3 is 2.39 bits per heavy atom. The first-order valence-corrected chi connectivity index (χ1v) is 10.9. The van der Waals surface area contributed by atoms with Gasteiger partial charge in [0.25, 0.3) is 0 Å². The molecule has 1 aromatic carbocycles. The van der Waals surface area contributed by atoms with E-state index in [0.717, 1.165) is 64.6 Å². The lowest BCUT2D eigenvalue weighted by molar-refractivity contribution is 0.0833. The molecule has 0 unspecified atom stereocenters. The predicted octanol–water partition coefficient (Wildman–Crippen LogP) is 5.10. The molecule has 1 saturated heterocycles. The van der Waals surface area contributed by atoms with Gasteiger partial charge in [-0.2, -0.15) is 0 Å². The number of hydrogen-bond acceptors (Lipinski definition) is 3. The zero-order chi connectivity index (χ0) is 20.1. The quantitative estimate of drug-likeness (QED) is 0.620. The Hall–Kier alpha value is -1.30. The molecule has 2 fully saturated rings. The van der Waals surface area contributed by atoms with E-state index in [2.05, 4.69) is 10.2 Å². The van der Waals surface area contributed by atoms with E-state index in [-0.39, 0.29) is 17.7 Å². The first-order chi connectivity index (χ1) is 13.4. The molecule has 0 radical (unpaired) electrons. The summed E-state index contributed by atoms with van der Waals surface area (Å²) in [6, 6.07) is 5.18. The van der Waals surface area contributed by atoms with Crippen LogP contribution in [0.1, 0.15) is 55.3 Å². The number of nitrogens with zero attached hydrogens (tertiary/aromatic N) is 1. The van der Waals surface area contributed by atoms with Gasteiger partial charge in [0.05, 0.1) is 5.02 Å². The van der Waals surface area contributed by atoms with E-state index in [1.54, 1.807) is 18.2 Å². The van der Waals surface area contributed by atoms with E-state index in [4.69, 9.17) is 28.3 Å². The topological polar surface area (TPSA) is 69.6 Å². The van der Waals surface area contributed by atoms with Gasteiger partial charge < -0.3 is 15.3 Å². The number of nitrogens with one attached hydrogen (secondary N) is 1. The highest BCUT2D eigenvalue weighted by molar-refractivity contribution is 6.36. The molecule has 5 nitrogen and oxygen atoms in total. The second kappa shape index (κ2) is 9.95. The van der Waals surface area contributed by atoms with Gasteiger partial charge in [-0.25, -0.2) is 4.79 Å². The highest BCUT2D eigenvalue weighted by atomic mass is 35.5. The molecule has 28 heavy (non-hydrogen) atoms. The normalized spacial score (nSPS) is 24.1. The van der Waals surface area contributed by atoms with E-state index >= 15 is 0 Å². The summed E-state index contributed by atoms with van der Waals surface area (Å²) in [6.07, 6.45) is 6.01. The van der Waals surface area contributed by atoms with Crippen LogP contribution < -0.4 is 5.32 Å². The van der Waals surface area contributed by atoms with Gasteiger partial charge in [-0.1, -0.05) is 23.2 Å². The van der Waals surface area contributed by atoms with Gasteiger partial charge in [0.1, 0.15) is 0 Å². The molecule has 1 heterocycles. The molecule has 1 aliphatic carbocycles. The number of amides is 1. The summed E-state index contributed by atoms with van der Waals surface area (Å²) >= 11 is 12.2. The van der Waals surface area contributed by atoms with Crippen LogP contribution in [-0.2, 0) is 0 Å². The lowest BCUT2D eigenvalue weighted by Gasteiger charge is -2.34. The van der Waals surface area contributed by atoms with Gasteiger partial charge in [0.2, 0.25) is 0 Å². The van der Waals surface area contributed by atoms with Crippen LogP contribution >= 0.6 is 23.2 Å². The summed E-state index contributed by atoms with van der Waals surface area (Å²) in [4.78, 5) is 26.0. The Morgan fingerprint density at radius 1 is 1.07 bits per heavy atom. The van der Waals surface area contributed by atoms with Gasteiger partial charge in [0.15, 0.2) is 5.78 Å². The number of hydrogen-bond donors (Lipinski definition) is 2. The van der Waals surface area contributed by atoms with E-state index in [0.29, 0.717) is 21.5 Å². The lowest BCUT2D eigenvalue weighted by atomic mass is 9.83. The highest BCUT2D eigenvalue weighted by Gasteiger charge is 2.28. The van der Waals surface area contributed by atoms with E-state index in [9.17, 15) is 9.59 Å². The monoisotopic (exact) mass is 426 g/mol. The number of carbonyl (C=O) groups is 2. The average Bonchev–Trinajstić information content (AvgIpc) is 2.69. The zero-order valence-corrected chi connectivity index (χ0v) is 17.5. The van der Waals surface area contributed by atoms with Crippen molar-refractivity contribution < 1.29 is 14.7 Å². The van der Waals surface area contributed by atoms with Gasteiger partial charge >= 0.3 is 6.09 Å². The molecule has 0 bridgehead atoms. The molecule has 154 valence electrons. The third-order valence-corrected chi connectivity index (χ3v) is 6.74. The summed E-state index contributed by atoms with van der Waals surface area (Å²) < 4.78 is 0. The predicted molar refractivity (Wildman–Crippen MR) is 111 cm³/mol. The van der Waals surface area contributed by atoms with Gasteiger partial charge in [-0.3, -0.25) is 4.79 Å². The molecular weight excluding hydrogens is 399 g/mol. The summed E-state index contributed by atoms with van der Waals surface area (Å²) in [6.45, 7) is 2.93. The molecule has 0 atom stereocenters. The molecule has 0 spiro atoms. The molecule has 2 aliphatic rings. The van der Waals surface area contributed by atoms with Crippen LogP contribution in [0.25, 0.3) is 0 Å². The van der Waals surface area contributed by atoms with Crippen molar-refractivity contribution in [1.29, 1.82) is 0 Å². The van der Waals surface area contributed by atoms with E-state index in [1.165, 1.54) is 0 Å². The fourth-order valence-electron chi connectivity index (χ4n) is 4.46. The molecule has 7 heteroatoms. The number of halogens is 2. The summed E-state index contributed by atoms with van der Waals surface area (Å²) in [5.74, 6) is 0.803. The number of carbonyl (C=O) groups excluding carboxylic acids is 1. The minimum absolute atomic E-state index is 0.0183. The Morgan fingerprint density at radius 2 is 1.75 bits per heavy atom. The number of ketones is 1. The van der Waals surface area contributed by atoms with Gasteiger partial charge in [-0.05, 0) is 88.7 Å². The smallest absolute Gasteiger partial charge is 0.404 e. The van der Waals surface area contributed by atoms with Crippen molar-refractivity contribution in [2.75, 3.05) is 19.6 Å². The van der Waals surface area contributed by atoms with Crippen molar-refractivity contribution in [2.45, 2.75) is 51.0 Å². The van der Waals surface area contributed by atoms with Crippen molar-refractivity contribution in [3.63, 3.8) is 0 Å². The SMILES string of the molecule is O=C(O)NC1CCC(CCN2CCC(C(=O)c3cc(Cl)ccc3Cl)CC2)CC1. The maximum Gasteiger partial charge on any atom is 0.404 e. The van der Waals surface area contributed by atoms with Gasteiger partial charge in [0, 0.05) is 22.5 Å². The van der Waals surface area contributed by atoms with Crippen molar-refractivity contribution in [1.82, 2.24) is 10.2 Å². The molecule has 3 rings (SSSR count). The molecule has 1 saturated carbocycles. The minimum atomic E-state index is -0.917. The number of Topliss-reactive ketones (excluding diaryl/α,β-unsaturated/α-hetero) is 1. The second-order valence-corrected chi connectivity index (χ2v) is 8.90. The molecular formula is C21H28Cl2N2O3. The van der Waals surface area contributed by atoms with Crippen LogP contribution in [0.2, 0.25) is 10.0 Å². The Bertz CT molecular complexity index is 697. The van der Waals surface area contributed by atoms with Crippen molar-refractivity contribution >= 4 is 35.1 Å². The largest absolute Gasteiger partial charge is 0.465 e. The lowest BCUT2D eigenvalue weighted by Crippen LogP contribution is -2.39. The fourth-order valence-corrected chi connectivity index (χ4v) is 4.84. The van der Waals surface area contributed by atoms with E-state index < -0.39 is 6.09 Å². The van der Waals surface area contributed by atoms with Crippen molar-refractivity contribution in [3.05, 3.63) is 33.8 Å². The average molecular weight is 427 g/mol. The third-order valence-electron chi connectivity index (χ3n) is 6.18. The van der Waals surface area contributed by atoms with E-state index in [1.807, 2.05) is 0 Å². The number of piperidine rings is 1. The number of rotatable bonds is 6. The Kier molecular flexibility index (Phi) is 7.61. The van der Waals surface area contributed by atoms with Crippen LogP contribution in [0, 0.1) is 11.8 Å². The maximum absolute atomic E-state index is 12.8. The molecule has 0 aromatic heterocycles.